The van der Waals surface area contributed by atoms with Crippen LogP contribution < -0.4 is 10.1 Å². The zero-order chi connectivity index (χ0) is 27.4. The van der Waals surface area contributed by atoms with Gasteiger partial charge in [0.1, 0.15) is 12.3 Å². The van der Waals surface area contributed by atoms with Crippen molar-refractivity contribution >= 4 is 68.9 Å². The molecule has 3 aromatic rings. The Morgan fingerprint density at radius 3 is 2.61 bits per heavy atom. The van der Waals surface area contributed by atoms with Crippen LogP contribution in [0.15, 0.2) is 59.5 Å². The quantitative estimate of drug-likeness (QED) is 0.265. The number of amides is 3. The molecule has 1 saturated heterocycles. The minimum atomic E-state index is -0.626. The normalized spacial score (nSPS) is 14.4. The number of carbonyl (C=O) groups is 4. The fourth-order valence-electron chi connectivity index (χ4n) is 3.86. The van der Waals surface area contributed by atoms with E-state index >= 15 is 0 Å². The Morgan fingerprint density at radius 2 is 1.87 bits per heavy atom. The minimum Gasteiger partial charge on any atom is -0.490 e. The Balaban J connectivity index is 1.55. The maximum absolute atomic E-state index is 13.2. The first kappa shape index (κ1) is 27.2. The molecule has 8 nitrogen and oxygen atoms in total. The SMILES string of the molecule is CCOC(=O)c1cc(NC(=O)CN2C(=O)S/C(=C\c3c(OC(C)C)ccc4ccccc34)C2=O)ccc1Cl. The summed E-state index contributed by atoms with van der Waals surface area (Å²) in [6, 6.07) is 15.8. The lowest BCUT2D eigenvalue weighted by Crippen LogP contribution is -2.36. The highest BCUT2D eigenvalue weighted by Crippen LogP contribution is 2.37. The van der Waals surface area contributed by atoms with Crippen LogP contribution in [0.25, 0.3) is 16.8 Å². The smallest absolute Gasteiger partial charge is 0.339 e. The molecule has 1 aliphatic heterocycles. The molecule has 1 heterocycles. The molecule has 0 aromatic heterocycles. The summed E-state index contributed by atoms with van der Waals surface area (Å²) in [5.74, 6) is -1.23. The maximum Gasteiger partial charge on any atom is 0.339 e. The molecule has 0 radical (unpaired) electrons. The molecule has 1 aliphatic rings. The van der Waals surface area contributed by atoms with Gasteiger partial charge in [0.05, 0.1) is 28.2 Å². The molecule has 0 atom stereocenters. The first-order chi connectivity index (χ1) is 18.2. The highest BCUT2D eigenvalue weighted by atomic mass is 35.5. The molecular formula is C28H25ClN2O6S. The van der Waals surface area contributed by atoms with Crippen molar-refractivity contribution in [1.29, 1.82) is 0 Å². The Kier molecular flexibility index (Phi) is 8.38. The number of benzene rings is 3. The molecule has 0 bridgehead atoms. The Labute approximate surface area is 228 Å². The number of nitrogens with one attached hydrogen (secondary N) is 1. The first-order valence-electron chi connectivity index (χ1n) is 11.9. The van der Waals surface area contributed by atoms with E-state index in [-0.39, 0.29) is 33.9 Å². The molecule has 0 aliphatic carbocycles. The molecule has 3 amide bonds. The molecule has 1 fully saturated rings. The average molecular weight is 553 g/mol. The van der Waals surface area contributed by atoms with Crippen molar-refractivity contribution in [3.05, 3.63) is 75.7 Å². The molecule has 1 N–H and O–H groups in total. The van der Waals surface area contributed by atoms with E-state index in [4.69, 9.17) is 21.1 Å². The predicted molar refractivity (Wildman–Crippen MR) is 148 cm³/mol. The van der Waals surface area contributed by atoms with Crippen molar-refractivity contribution in [2.75, 3.05) is 18.5 Å². The molecule has 0 spiro atoms. The minimum absolute atomic E-state index is 0.0925. The standard InChI is InChI=1S/C28H25ClN2O6S/c1-4-36-27(34)21-13-18(10-11-22(21)29)30-25(32)15-31-26(33)24(38-28(31)35)14-20-19-8-6-5-7-17(19)9-12-23(20)37-16(2)3/h5-14,16H,4,15H2,1-3H3,(H,30,32)/b24-14-. The van der Waals surface area contributed by atoms with E-state index in [9.17, 15) is 19.2 Å². The Bertz CT molecular complexity index is 1470. The third kappa shape index (κ3) is 6.00. The van der Waals surface area contributed by atoms with Crippen molar-refractivity contribution < 1.29 is 28.7 Å². The largest absolute Gasteiger partial charge is 0.490 e. The number of nitrogens with zero attached hydrogens (tertiary/aromatic N) is 1. The average Bonchev–Trinajstić information content (AvgIpc) is 3.13. The number of imide groups is 1. The van der Waals surface area contributed by atoms with Crippen molar-refractivity contribution in [3.8, 4) is 5.75 Å². The highest BCUT2D eigenvalue weighted by Gasteiger charge is 2.36. The van der Waals surface area contributed by atoms with Crippen LogP contribution in [0.1, 0.15) is 36.7 Å². The number of ether oxygens (including phenoxy) is 2. The summed E-state index contributed by atoms with van der Waals surface area (Å²) in [6.07, 6.45) is 1.53. The maximum atomic E-state index is 13.2. The number of thioether (sulfide) groups is 1. The second-order valence-electron chi connectivity index (χ2n) is 8.60. The third-order valence-electron chi connectivity index (χ3n) is 5.49. The summed E-state index contributed by atoms with van der Waals surface area (Å²) in [7, 11) is 0. The summed E-state index contributed by atoms with van der Waals surface area (Å²) in [5.41, 5.74) is 1.05. The molecule has 196 valence electrons. The fourth-order valence-corrected chi connectivity index (χ4v) is 4.88. The molecule has 0 unspecified atom stereocenters. The van der Waals surface area contributed by atoms with Crippen LogP contribution in [-0.2, 0) is 14.3 Å². The van der Waals surface area contributed by atoms with Gasteiger partial charge in [0.15, 0.2) is 0 Å². The van der Waals surface area contributed by atoms with Crippen molar-refractivity contribution in [2.24, 2.45) is 0 Å². The van der Waals surface area contributed by atoms with Gasteiger partial charge in [-0.1, -0.05) is 41.9 Å². The van der Waals surface area contributed by atoms with Gasteiger partial charge in [-0.15, -0.1) is 0 Å². The van der Waals surface area contributed by atoms with E-state index in [0.717, 1.165) is 27.4 Å². The van der Waals surface area contributed by atoms with Crippen molar-refractivity contribution in [2.45, 2.75) is 26.9 Å². The van der Waals surface area contributed by atoms with Crippen LogP contribution >= 0.6 is 23.4 Å². The molecule has 4 rings (SSSR count). The number of hydrogen-bond donors (Lipinski definition) is 1. The monoisotopic (exact) mass is 552 g/mol. The molecular weight excluding hydrogens is 528 g/mol. The van der Waals surface area contributed by atoms with E-state index in [0.29, 0.717) is 11.3 Å². The van der Waals surface area contributed by atoms with Gasteiger partial charge in [-0.3, -0.25) is 19.3 Å². The summed E-state index contributed by atoms with van der Waals surface area (Å²) in [6.45, 7) is 5.15. The van der Waals surface area contributed by atoms with Gasteiger partial charge in [0, 0.05) is 11.3 Å². The van der Waals surface area contributed by atoms with Gasteiger partial charge >= 0.3 is 5.97 Å². The zero-order valence-electron chi connectivity index (χ0n) is 20.9. The lowest BCUT2D eigenvalue weighted by atomic mass is 10.0. The van der Waals surface area contributed by atoms with Gasteiger partial charge in [-0.05, 0) is 73.6 Å². The Hall–Kier alpha value is -3.82. The van der Waals surface area contributed by atoms with Crippen LogP contribution in [0.3, 0.4) is 0 Å². The number of hydrogen-bond acceptors (Lipinski definition) is 7. The summed E-state index contributed by atoms with van der Waals surface area (Å²) in [5, 5.41) is 4.03. The van der Waals surface area contributed by atoms with Gasteiger partial charge in [-0.25, -0.2) is 4.79 Å². The lowest BCUT2D eigenvalue weighted by molar-refractivity contribution is -0.127. The van der Waals surface area contributed by atoms with Crippen molar-refractivity contribution in [3.63, 3.8) is 0 Å². The van der Waals surface area contributed by atoms with Gasteiger partial charge in [-0.2, -0.15) is 0 Å². The second-order valence-corrected chi connectivity index (χ2v) is 10.00. The second kappa shape index (κ2) is 11.7. The van der Waals surface area contributed by atoms with E-state index in [1.807, 2.05) is 50.2 Å². The number of rotatable bonds is 8. The summed E-state index contributed by atoms with van der Waals surface area (Å²) >= 11 is 6.83. The third-order valence-corrected chi connectivity index (χ3v) is 6.73. The summed E-state index contributed by atoms with van der Waals surface area (Å²) in [4.78, 5) is 51.7. The number of fused-ring (bicyclic) bond motifs is 1. The van der Waals surface area contributed by atoms with Crippen molar-refractivity contribution in [1.82, 2.24) is 4.90 Å². The topological polar surface area (TPSA) is 102 Å². The molecule has 38 heavy (non-hydrogen) atoms. The van der Waals surface area contributed by atoms with Crippen LogP contribution in [0.5, 0.6) is 5.75 Å². The van der Waals surface area contributed by atoms with Crippen LogP contribution in [0.2, 0.25) is 5.02 Å². The number of anilines is 1. The fraction of sp³-hybridized carbons (Fsp3) is 0.214. The summed E-state index contributed by atoms with van der Waals surface area (Å²) < 4.78 is 10.9. The van der Waals surface area contributed by atoms with E-state index in [2.05, 4.69) is 5.32 Å². The first-order valence-corrected chi connectivity index (χ1v) is 13.1. The van der Waals surface area contributed by atoms with Crippen LogP contribution in [-0.4, -0.2) is 47.2 Å². The lowest BCUT2D eigenvalue weighted by Gasteiger charge is -2.15. The van der Waals surface area contributed by atoms with Crippen LogP contribution in [0, 0.1) is 0 Å². The van der Waals surface area contributed by atoms with Crippen LogP contribution in [0.4, 0.5) is 10.5 Å². The number of esters is 1. The van der Waals surface area contributed by atoms with E-state index in [1.54, 1.807) is 13.0 Å². The Morgan fingerprint density at radius 1 is 1.11 bits per heavy atom. The van der Waals surface area contributed by atoms with E-state index < -0.39 is 29.6 Å². The van der Waals surface area contributed by atoms with E-state index in [1.165, 1.54) is 18.2 Å². The number of halogens is 1. The number of carbonyl (C=O) groups excluding carboxylic acids is 4. The molecule has 0 saturated carbocycles. The highest BCUT2D eigenvalue weighted by molar-refractivity contribution is 8.18. The van der Waals surface area contributed by atoms with Gasteiger partial charge < -0.3 is 14.8 Å². The molecule has 3 aromatic carbocycles. The predicted octanol–water partition coefficient (Wildman–Crippen LogP) is 6.13. The van der Waals surface area contributed by atoms with Gasteiger partial charge in [0.25, 0.3) is 11.1 Å². The molecule has 10 heteroatoms. The zero-order valence-corrected chi connectivity index (χ0v) is 22.5. The van der Waals surface area contributed by atoms with Gasteiger partial charge in [0.2, 0.25) is 5.91 Å².